The van der Waals surface area contributed by atoms with E-state index < -0.39 is 0 Å². The maximum absolute atomic E-state index is 11.8. The van der Waals surface area contributed by atoms with Gasteiger partial charge in [-0.05, 0) is 30.8 Å². The van der Waals surface area contributed by atoms with Gasteiger partial charge in [0.05, 0.1) is 6.04 Å². The number of carbonyl (C=O) groups is 1. The maximum atomic E-state index is 11.8. The van der Waals surface area contributed by atoms with Crippen molar-refractivity contribution in [3.63, 3.8) is 0 Å². The minimum atomic E-state index is -0.341. The second kappa shape index (κ2) is 6.85. The van der Waals surface area contributed by atoms with E-state index in [9.17, 15) is 4.79 Å². The third-order valence-corrected chi connectivity index (χ3v) is 3.10. The van der Waals surface area contributed by atoms with Gasteiger partial charge in [0.2, 0.25) is 0 Å². The fraction of sp³-hybridized carbons (Fsp3) is 0.214. The topological polar surface area (TPSA) is 71.0 Å². The second-order valence-corrected chi connectivity index (χ2v) is 4.97. The summed E-state index contributed by atoms with van der Waals surface area (Å²) < 4.78 is 1.56. The van der Waals surface area contributed by atoms with Crippen LogP contribution in [-0.4, -0.2) is 20.8 Å². The highest BCUT2D eigenvalue weighted by atomic mass is 32.1. The van der Waals surface area contributed by atoms with E-state index in [1.54, 1.807) is 24.0 Å². The fourth-order valence-corrected chi connectivity index (χ4v) is 2.00. The van der Waals surface area contributed by atoms with Crippen LogP contribution in [-0.2, 0) is 7.05 Å². The Labute approximate surface area is 128 Å². The van der Waals surface area contributed by atoms with Gasteiger partial charge in [-0.2, -0.15) is 5.10 Å². The zero-order valence-corrected chi connectivity index (χ0v) is 12.6. The van der Waals surface area contributed by atoms with E-state index in [-0.39, 0.29) is 11.9 Å². The van der Waals surface area contributed by atoms with Gasteiger partial charge >= 0.3 is 0 Å². The van der Waals surface area contributed by atoms with Gasteiger partial charge in [-0.3, -0.25) is 20.3 Å². The maximum Gasteiger partial charge on any atom is 0.290 e. The summed E-state index contributed by atoms with van der Waals surface area (Å²) in [7, 11) is 1.75. The Hall–Kier alpha value is -2.41. The first-order valence-electron chi connectivity index (χ1n) is 6.47. The molecule has 21 heavy (non-hydrogen) atoms. The van der Waals surface area contributed by atoms with Crippen molar-refractivity contribution in [2.75, 3.05) is 0 Å². The molecule has 1 heterocycles. The standard InChI is InChI=1S/C14H17N5OS/c1-10(11-6-4-3-5-7-11)15-14(21)17-16-13(20)12-8-9-19(2)18-12/h3-10H,1-2H3,(H,16,20)(H2,15,17,21). The van der Waals surface area contributed by atoms with Crippen LogP contribution in [0, 0.1) is 0 Å². The lowest BCUT2D eigenvalue weighted by atomic mass is 10.1. The number of benzene rings is 1. The minimum absolute atomic E-state index is 0.0398. The molecular weight excluding hydrogens is 286 g/mol. The smallest absolute Gasteiger partial charge is 0.290 e. The molecule has 1 atom stereocenters. The molecule has 0 aliphatic rings. The van der Waals surface area contributed by atoms with Gasteiger partial charge in [0, 0.05) is 13.2 Å². The number of aromatic nitrogens is 2. The van der Waals surface area contributed by atoms with Crippen LogP contribution < -0.4 is 16.2 Å². The molecule has 1 amide bonds. The van der Waals surface area contributed by atoms with Crippen LogP contribution >= 0.6 is 12.2 Å². The van der Waals surface area contributed by atoms with Crippen molar-refractivity contribution in [1.29, 1.82) is 0 Å². The van der Waals surface area contributed by atoms with E-state index in [4.69, 9.17) is 12.2 Å². The van der Waals surface area contributed by atoms with Crippen LogP contribution in [0.2, 0.25) is 0 Å². The SMILES string of the molecule is CC(NC(=S)NNC(=O)c1ccn(C)n1)c1ccccc1. The van der Waals surface area contributed by atoms with E-state index >= 15 is 0 Å². The molecule has 0 saturated heterocycles. The van der Waals surface area contributed by atoms with Gasteiger partial charge in [-0.15, -0.1) is 0 Å². The summed E-state index contributed by atoms with van der Waals surface area (Å²) in [6.45, 7) is 1.99. The first-order chi connectivity index (χ1) is 10.1. The van der Waals surface area contributed by atoms with E-state index in [1.165, 1.54) is 0 Å². The van der Waals surface area contributed by atoms with Crippen LogP contribution in [0.15, 0.2) is 42.6 Å². The fourth-order valence-electron chi connectivity index (χ4n) is 1.77. The molecule has 1 aromatic carbocycles. The minimum Gasteiger partial charge on any atom is -0.355 e. The van der Waals surface area contributed by atoms with Crippen molar-refractivity contribution >= 4 is 23.2 Å². The third-order valence-electron chi connectivity index (χ3n) is 2.88. The quantitative estimate of drug-likeness (QED) is 0.589. The number of hydrazine groups is 1. The van der Waals surface area contributed by atoms with Crippen molar-refractivity contribution < 1.29 is 4.79 Å². The first kappa shape index (κ1) is 15.0. The molecule has 7 heteroatoms. The highest BCUT2D eigenvalue weighted by Gasteiger charge is 2.10. The molecule has 6 nitrogen and oxygen atoms in total. The van der Waals surface area contributed by atoms with Gasteiger partial charge in [0.1, 0.15) is 0 Å². The number of amides is 1. The number of nitrogens with zero attached hydrogens (tertiary/aromatic N) is 2. The lowest BCUT2D eigenvalue weighted by Crippen LogP contribution is -2.47. The molecule has 110 valence electrons. The molecule has 2 aromatic rings. The zero-order valence-electron chi connectivity index (χ0n) is 11.8. The van der Waals surface area contributed by atoms with E-state index in [1.807, 2.05) is 37.3 Å². The monoisotopic (exact) mass is 303 g/mol. The van der Waals surface area contributed by atoms with Gasteiger partial charge in [0.25, 0.3) is 5.91 Å². The number of nitrogens with one attached hydrogen (secondary N) is 3. The average Bonchev–Trinajstić information content (AvgIpc) is 2.92. The number of rotatable bonds is 3. The van der Waals surface area contributed by atoms with E-state index in [0.717, 1.165) is 5.56 Å². The summed E-state index contributed by atoms with van der Waals surface area (Å²) in [5, 5.41) is 7.43. The summed E-state index contributed by atoms with van der Waals surface area (Å²) in [5.74, 6) is -0.341. The van der Waals surface area contributed by atoms with Crippen molar-refractivity contribution in [2.24, 2.45) is 7.05 Å². The molecule has 0 saturated carbocycles. The third kappa shape index (κ3) is 4.28. The van der Waals surface area contributed by atoms with Crippen molar-refractivity contribution in [1.82, 2.24) is 25.9 Å². The molecule has 0 aliphatic carbocycles. The molecule has 1 unspecified atom stereocenters. The molecule has 1 aromatic heterocycles. The molecule has 0 bridgehead atoms. The van der Waals surface area contributed by atoms with Crippen LogP contribution in [0.5, 0.6) is 0 Å². The first-order valence-corrected chi connectivity index (χ1v) is 6.88. The molecule has 3 N–H and O–H groups in total. The van der Waals surface area contributed by atoms with Crippen LogP contribution in [0.3, 0.4) is 0 Å². The summed E-state index contributed by atoms with van der Waals surface area (Å²) in [4.78, 5) is 11.8. The number of aryl methyl sites for hydroxylation is 1. The zero-order chi connectivity index (χ0) is 15.2. The Balaban J connectivity index is 1.81. The Morgan fingerprint density at radius 1 is 1.24 bits per heavy atom. The summed E-state index contributed by atoms with van der Waals surface area (Å²) in [6, 6.07) is 11.6. The normalized spacial score (nSPS) is 11.5. The van der Waals surface area contributed by atoms with Gasteiger partial charge in [0.15, 0.2) is 10.8 Å². The van der Waals surface area contributed by atoms with Gasteiger partial charge in [-0.25, -0.2) is 0 Å². The van der Waals surface area contributed by atoms with E-state index in [0.29, 0.717) is 10.8 Å². The Kier molecular flexibility index (Phi) is 4.89. The lowest BCUT2D eigenvalue weighted by molar-refractivity contribution is 0.0938. The van der Waals surface area contributed by atoms with Crippen molar-refractivity contribution in [3.05, 3.63) is 53.9 Å². The lowest BCUT2D eigenvalue weighted by Gasteiger charge is -2.17. The Morgan fingerprint density at radius 3 is 2.57 bits per heavy atom. The van der Waals surface area contributed by atoms with Crippen LogP contribution in [0.1, 0.15) is 29.0 Å². The van der Waals surface area contributed by atoms with Crippen LogP contribution in [0.4, 0.5) is 0 Å². The number of hydrogen-bond acceptors (Lipinski definition) is 3. The summed E-state index contributed by atoms with van der Waals surface area (Å²) >= 11 is 5.14. The second-order valence-electron chi connectivity index (χ2n) is 4.56. The number of hydrogen-bond donors (Lipinski definition) is 3. The van der Waals surface area contributed by atoms with Crippen LogP contribution in [0.25, 0.3) is 0 Å². The molecule has 0 aliphatic heterocycles. The van der Waals surface area contributed by atoms with E-state index in [2.05, 4.69) is 21.3 Å². The number of carbonyl (C=O) groups excluding carboxylic acids is 1. The predicted molar refractivity (Wildman–Crippen MR) is 84.4 cm³/mol. The highest BCUT2D eigenvalue weighted by Crippen LogP contribution is 2.10. The molecule has 0 radical (unpaired) electrons. The molecular formula is C14H17N5OS. The molecule has 2 rings (SSSR count). The average molecular weight is 303 g/mol. The highest BCUT2D eigenvalue weighted by molar-refractivity contribution is 7.80. The Morgan fingerprint density at radius 2 is 1.95 bits per heavy atom. The van der Waals surface area contributed by atoms with Crippen molar-refractivity contribution in [3.8, 4) is 0 Å². The molecule has 0 spiro atoms. The predicted octanol–water partition coefficient (Wildman–Crippen LogP) is 1.29. The van der Waals surface area contributed by atoms with Gasteiger partial charge in [-0.1, -0.05) is 30.3 Å². The summed E-state index contributed by atoms with van der Waals surface area (Å²) in [6.07, 6.45) is 1.70. The molecule has 0 fully saturated rings. The Bertz CT molecular complexity index is 625. The summed E-state index contributed by atoms with van der Waals surface area (Å²) in [5.41, 5.74) is 6.59. The van der Waals surface area contributed by atoms with Gasteiger partial charge < -0.3 is 5.32 Å². The number of thiocarbonyl (C=S) groups is 1. The van der Waals surface area contributed by atoms with Crippen molar-refractivity contribution in [2.45, 2.75) is 13.0 Å². The largest absolute Gasteiger partial charge is 0.355 e.